The highest BCUT2D eigenvalue weighted by atomic mass is 127. The van der Waals surface area contributed by atoms with Crippen LogP contribution in [-0.4, -0.2) is 47.7 Å². The van der Waals surface area contributed by atoms with Gasteiger partial charge in [-0.2, -0.15) is 13.2 Å². The number of aromatic nitrogens is 1. The summed E-state index contributed by atoms with van der Waals surface area (Å²) in [5.41, 5.74) is 0.813. The second-order valence-corrected chi connectivity index (χ2v) is 7.50. The lowest BCUT2D eigenvalue weighted by Crippen LogP contribution is -2.53. The first-order chi connectivity index (χ1) is 11.6. The molecule has 0 bridgehead atoms. The van der Waals surface area contributed by atoms with E-state index in [1.54, 1.807) is 36.2 Å². The number of alkyl halides is 5. The molecular weight excluding hydrogens is 456 g/mol. The molecule has 3 rings (SSSR count). The first-order valence-corrected chi connectivity index (χ1v) is 8.82. The number of nitrogens with zero attached hydrogens (tertiary/aromatic N) is 2. The summed E-state index contributed by atoms with van der Waals surface area (Å²) < 4.78 is 68.4. The van der Waals surface area contributed by atoms with Crippen LogP contribution in [0.15, 0.2) is 24.3 Å². The molecule has 1 aliphatic rings. The van der Waals surface area contributed by atoms with Crippen LogP contribution < -0.4 is 5.32 Å². The Kier molecular flexibility index (Phi) is 4.91. The average Bonchev–Trinajstić information content (AvgIpc) is 2.77. The van der Waals surface area contributed by atoms with Crippen LogP contribution >= 0.6 is 22.6 Å². The number of hydrogen-bond acceptors (Lipinski definition) is 2. The summed E-state index contributed by atoms with van der Waals surface area (Å²) in [6.07, 6.45) is -4.09. The summed E-state index contributed by atoms with van der Waals surface area (Å²) in [4.78, 5) is 1.57. The molecule has 1 aromatic carbocycles. The molecule has 138 valence electrons. The van der Waals surface area contributed by atoms with Crippen LogP contribution in [0.2, 0.25) is 0 Å². The SMILES string of the molecule is CN1CCC(Nc2cccc3c2cc(I)n3CC(F)(F)F)C(F)(F)C1. The Hall–Kier alpha value is -1.10. The van der Waals surface area contributed by atoms with E-state index in [4.69, 9.17) is 0 Å². The molecule has 1 atom stereocenters. The monoisotopic (exact) mass is 473 g/mol. The predicted molar refractivity (Wildman–Crippen MR) is 95.2 cm³/mol. The van der Waals surface area contributed by atoms with Crippen molar-refractivity contribution in [3.05, 3.63) is 28.0 Å². The second kappa shape index (κ2) is 6.57. The number of likely N-dealkylation sites (tertiary alicyclic amines) is 1. The number of hydrogen-bond donors (Lipinski definition) is 1. The van der Waals surface area contributed by atoms with E-state index in [2.05, 4.69) is 5.32 Å². The smallest absolute Gasteiger partial charge is 0.376 e. The molecule has 3 nitrogen and oxygen atoms in total. The van der Waals surface area contributed by atoms with Crippen molar-refractivity contribution in [2.24, 2.45) is 0 Å². The first-order valence-electron chi connectivity index (χ1n) is 7.74. The normalized spacial score (nSPS) is 21.6. The summed E-state index contributed by atoms with van der Waals surface area (Å²) in [5.74, 6) is -2.91. The van der Waals surface area contributed by atoms with E-state index in [-0.39, 0.29) is 13.0 Å². The van der Waals surface area contributed by atoms with E-state index in [1.165, 1.54) is 0 Å². The van der Waals surface area contributed by atoms with Gasteiger partial charge in [-0.25, -0.2) is 8.78 Å². The lowest BCUT2D eigenvalue weighted by molar-refractivity contribution is -0.140. The maximum atomic E-state index is 14.3. The molecule has 2 aromatic rings. The number of rotatable bonds is 3. The summed E-state index contributed by atoms with van der Waals surface area (Å²) in [6.45, 7) is -0.911. The molecule has 1 saturated heterocycles. The van der Waals surface area contributed by atoms with Crippen LogP contribution in [0.25, 0.3) is 10.9 Å². The van der Waals surface area contributed by atoms with Gasteiger partial charge in [-0.15, -0.1) is 0 Å². The van der Waals surface area contributed by atoms with Crippen molar-refractivity contribution in [1.82, 2.24) is 9.47 Å². The lowest BCUT2D eigenvalue weighted by Gasteiger charge is -2.37. The van der Waals surface area contributed by atoms with E-state index in [9.17, 15) is 22.0 Å². The van der Waals surface area contributed by atoms with Gasteiger partial charge in [0.1, 0.15) is 6.54 Å². The van der Waals surface area contributed by atoms with Gasteiger partial charge in [0.05, 0.1) is 21.8 Å². The number of halogens is 6. The predicted octanol–water partition coefficient (Wildman–Crippen LogP) is 4.56. The highest BCUT2D eigenvalue weighted by Crippen LogP contribution is 2.34. The van der Waals surface area contributed by atoms with Gasteiger partial charge in [0, 0.05) is 17.6 Å². The van der Waals surface area contributed by atoms with Crippen LogP contribution in [0.4, 0.5) is 27.6 Å². The van der Waals surface area contributed by atoms with Gasteiger partial charge in [0.15, 0.2) is 0 Å². The first kappa shape index (κ1) is 18.7. The van der Waals surface area contributed by atoms with Gasteiger partial charge in [0.2, 0.25) is 0 Å². The largest absolute Gasteiger partial charge is 0.406 e. The van der Waals surface area contributed by atoms with Crippen LogP contribution in [0.1, 0.15) is 6.42 Å². The van der Waals surface area contributed by atoms with E-state index >= 15 is 0 Å². The summed E-state index contributed by atoms with van der Waals surface area (Å²) in [6, 6.07) is 5.34. The van der Waals surface area contributed by atoms with E-state index in [1.807, 2.05) is 22.6 Å². The maximum absolute atomic E-state index is 14.3. The molecule has 1 fully saturated rings. The Bertz CT molecular complexity index is 771. The third kappa shape index (κ3) is 4.02. The van der Waals surface area contributed by atoms with Gasteiger partial charge in [-0.3, -0.25) is 0 Å². The minimum atomic E-state index is -4.35. The summed E-state index contributed by atoms with van der Waals surface area (Å²) in [5, 5.41) is 3.38. The zero-order chi connectivity index (χ0) is 18.4. The van der Waals surface area contributed by atoms with E-state index in [0.717, 1.165) is 4.57 Å². The fraction of sp³-hybridized carbons (Fsp3) is 0.500. The number of nitrogens with one attached hydrogen (secondary N) is 1. The molecule has 0 aliphatic carbocycles. The second-order valence-electron chi connectivity index (χ2n) is 6.39. The van der Waals surface area contributed by atoms with Crippen molar-refractivity contribution in [3.8, 4) is 0 Å². The van der Waals surface area contributed by atoms with Gasteiger partial charge in [0.25, 0.3) is 5.92 Å². The van der Waals surface area contributed by atoms with Gasteiger partial charge in [-0.1, -0.05) is 6.07 Å². The fourth-order valence-corrected chi connectivity index (χ4v) is 3.94. The van der Waals surface area contributed by atoms with Crippen molar-refractivity contribution < 1.29 is 22.0 Å². The third-order valence-electron chi connectivity index (χ3n) is 4.35. The topological polar surface area (TPSA) is 20.2 Å². The third-order valence-corrected chi connectivity index (χ3v) is 5.25. The van der Waals surface area contributed by atoms with Gasteiger partial charge >= 0.3 is 6.18 Å². The van der Waals surface area contributed by atoms with Crippen LogP contribution in [0.3, 0.4) is 0 Å². The highest BCUT2D eigenvalue weighted by molar-refractivity contribution is 14.1. The number of fused-ring (bicyclic) bond motifs is 1. The van der Waals surface area contributed by atoms with Crippen LogP contribution in [0.5, 0.6) is 0 Å². The zero-order valence-corrected chi connectivity index (χ0v) is 15.5. The van der Waals surface area contributed by atoms with E-state index in [0.29, 0.717) is 26.8 Å². The molecule has 1 unspecified atom stereocenters. The number of anilines is 1. The van der Waals surface area contributed by atoms with Crippen molar-refractivity contribution in [3.63, 3.8) is 0 Å². The number of benzene rings is 1. The van der Waals surface area contributed by atoms with Crippen molar-refractivity contribution in [2.45, 2.75) is 31.1 Å². The molecule has 0 saturated carbocycles. The molecule has 2 heterocycles. The van der Waals surface area contributed by atoms with Crippen molar-refractivity contribution in [2.75, 3.05) is 25.5 Å². The number of piperidine rings is 1. The Morgan fingerprint density at radius 3 is 2.68 bits per heavy atom. The van der Waals surface area contributed by atoms with Crippen LogP contribution in [0, 0.1) is 3.70 Å². The highest BCUT2D eigenvalue weighted by Gasteiger charge is 2.43. The molecule has 25 heavy (non-hydrogen) atoms. The molecule has 0 radical (unpaired) electrons. The zero-order valence-electron chi connectivity index (χ0n) is 13.4. The van der Waals surface area contributed by atoms with E-state index < -0.39 is 24.7 Å². The van der Waals surface area contributed by atoms with Crippen molar-refractivity contribution in [1.29, 1.82) is 0 Å². The molecule has 0 amide bonds. The van der Waals surface area contributed by atoms with Crippen molar-refractivity contribution >= 4 is 39.2 Å². The van der Waals surface area contributed by atoms with Gasteiger partial charge < -0.3 is 14.8 Å². The standard InChI is InChI=1S/C16H17F5IN3/c1-24-6-5-13(15(17,18)8-24)23-11-3-2-4-12-10(11)7-14(22)25(12)9-16(19,20)21/h2-4,7,13,23H,5-6,8-9H2,1H3. The Balaban J connectivity index is 1.94. The Labute approximate surface area is 155 Å². The molecule has 9 heteroatoms. The Morgan fingerprint density at radius 1 is 1.32 bits per heavy atom. The minimum absolute atomic E-state index is 0.264. The summed E-state index contributed by atoms with van der Waals surface area (Å²) in [7, 11) is 1.64. The average molecular weight is 473 g/mol. The molecule has 0 spiro atoms. The Morgan fingerprint density at radius 2 is 2.04 bits per heavy atom. The molecule has 1 aliphatic heterocycles. The van der Waals surface area contributed by atoms with Gasteiger partial charge in [-0.05, 0) is 54.3 Å². The molecule has 1 aromatic heterocycles. The maximum Gasteiger partial charge on any atom is 0.406 e. The summed E-state index contributed by atoms with van der Waals surface area (Å²) >= 11 is 1.83. The molecular formula is C16H17F5IN3. The quantitative estimate of drug-likeness (QED) is 0.522. The fourth-order valence-electron chi connectivity index (χ4n) is 3.19. The minimum Gasteiger partial charge on any atom is -0.376 e. The van der Waals surface area contributed by atoms with Crippen LogP contribution in [-0.2, 0) is 6.54 Å². The lowest BCUT2D eigenvalue weighted by atomic mass is 10.0. The molecule has 1 N–H and O–H groups in total.